The number of unbranched alkanes of at least 4 members (excludes halogenated alkanes) is 10. The van der Waals surface area contributed by atoms with Gasteiger partial charge in [0.05, 0.1) is 5.41 Å². The van der Waals surface area contributed by atoms with Crippen molar-refractivity contribution < 1.29 is 9.59 Å². The maximum atomic E-state index is 13.1. The van der Waals surface area contributed by atoms with Gasteiger partial charge in [-0.1, -0.05) is 105 Å². The molecule has 0 amide bonds. The Morgan fingerprint density at radius 3 is 1.39 bits per heavy atom. The average Bonchev–Trinajstić information content (AvgIpc) is 3.27. The molecule has 0 radical (unpaired) electrons. The molecule has 0 unspecified atom stereocenters. The van der Waals surface area contributed by atoms with Crippen LogP contribution in [-0.2, 0) is 0 Å². The molecule has 2 rings (SSSR count). The fourth-order valence-electron chi connectivity index (χ4n) is 4.26. The minimum atomic E-state index is -0.728. The quantitative estimate of drug-likeness (QED) is 0.229. The van der Waals surface area contributed by atoms with E-state index < -0.39 is 5.41 Å². The molecule has 0 atom stereocenters. The summed E-state index contributed by atoms with van der Waals surface area (Å²) >= 11 is 1.48. The van der Waals surface area contributed by atoms with E-state index in [0.29, 0.717) is 11.1 Å². The van der Waals surface area contributed by atoms with Gasteiger partial charge in [-0.05, 0) is 12.8 Å². The van der Waals surface area contributed by atoms with Crippen molar-refractivity contribution in [1.29, 1.82) is 0 Å². The molecular formula is C25H42O2S. The van der Waals surface area contributed by atoms with Gasteiger partial charge in [0.25, 0.3) is 0 Å². The zero-order valence-electron chi connectivity index (χ0n) is 18.8. The second-order valence-corrected chi connectivity index (χ2v) is 8.72. The third kappa shape index (κ3) is 6.54. The Hall–Kier alpha value is -0.960. The Morgan fingerprint density at radius 2 is 1.00 bits per heavy atom. The number of Topliss-reactive ketones (excluding diaryl/α,β-unsaturated/α-hetero) is 2. The van der Waals surface area contributed by atoms with Crippen LogP contribution in [0.1, 0.15) is 138 Å². The fraction of sp³-hybridized carbons (Fsp3) is 0.760. The first-order chi connectivity index (χ1) is 13.7. The molecule has 1 aliphatic rings. The predicted molar refractivity (Wildman–Crippen MR) is 123 cm³/mol. The van der Waals surface area contributed by atoms with Crippen LogP contribution in [0.4, 0.5) is 0 Å². The maximum Gasteiger partial charge on any atom is 0.178 e. The second-order valence-electron chi connectivity index (χ2n) is 7.98. The zero-order chi connectivity index (χ0) is 20.8. The van der Waals surface area contributed by atoms with Gasteiger partial charge < -0.3 is 0 Å². The van der Waals surface area contributed by atoms with Crippen LogP contribution in [-0.4, -0.2) is 11.6 Å². The molecule has 0 aromatic carbocycles. The summed E-state index contributed by atoms with van der Waals surface area (Å²) in [6.45, 7) is 8.45. The lowest BCUT2D eigenvalue weighted by Crippen LogP contribution is -2.33. The SMILES string of the molecule is CC.CCCCCCCCC1(CCCCCCCC)C(=O)c2cscc2C1=O. The van der Waals surface area contributed by atoms with Crippen molar-refractivity contribution in [3.8, 4) is 0 Å². The summed E-state index contributed by atoms with van der Waals surface area (Å²) in [5.74, 6) is 0.252. The van der Waals surface area contributed by atoms with E-state index in [0.717, 1.165) is 38.5 Å². The normalized spacial score (nSPS) is 14.7. The minimum absolute atomic E-state index is 0.126. The summed E-state index contributed by atoms with van der Waals surface area (Å²) in [5, 5.41) is 3.78. The Labute approximate surface area is 177 Å². The Kier molecular flexibility index (Phi) is 12.6. The molecule has 0 saturated carbocycles. The van der Waals surface area contributed by atoms with Crippen LogP contribution in [0.2, 0.25) is 0 Å². The van der Waals surface area contributed by atoms with Gasteiger partial charge in [0.15, 0.2) is 11.6 Å². The summed E-state index contributed by atoms with van der Waals surface area (Å²) in [4.78, 5) is 26.2. The van der Waals surface area contributed by atoms with Gasteiger partial charge in [-0.3, -0.25) is 9.59 Å². The molecule has 0 saturated heterocycles. The molecule has 0 N–H and O–H groups in total. The van der Waals surface area contributed by atoms with Crippen LogP contribution in [0.25, 0.3) is 0 Å². The lowest BCUT2D eigenvalue weighted by molar-refractivity contribution is 0.0655. The van der Waals surface area contributed by atoms with Crippen molar-refractivity contribution in [3.63, 3.8) is 0 Å². The Balaban J connectivity index is 0.00000190. The Bertz CT molecular complexity index is 524. The predicted octanol–water partition coefficient (Wildman–Crippen LogP) is 8.64. The summed E-state index contributed by atoms with van der Waals surface area (Å²) in [6, 6.07) is 0. The first-order valence-corrected chi connectivity index (χ1v) is 12.8. The smallest absolute Gasteiger partial charge is 0.178 e. The first-order valence-electron chi connectivity index (χ1n) is 11.8. The molecule has 28 heavy (non-hydrogen) atoms. The van der Waals surface area contributed by atoms with Crippen LogP contribution in [0, 0.1) is 5.41 Å². The molecule has 0 fully saturated rings. The molecular weight excluding hydrogens is 364 g/mol. The number of fused-ring (bicyclic) bond motifs is 1. The van der Waals surface area contributed by atoms with Crippen LogP contribution in [0.5, 0.6) is 0 Å². The minimum Gasteiger partial charge on any atom is -0.293 e. The third-order valence-corrected chi connectivity index (χ3v) is 6.68. The molecule has 0 spiro atoms. The molecule has 3 heteroatoms. The van der Waals surface area contributed by atoms with Gasteiger partial charge in [0.2, 0.25) is 0 Å². The maximum absolute atomic E-state index is 13.1. The van der Waals surface area contributed by atoms with Crippen molar-refractivity contribution in [2.75, 3.05) is 0 Å². The number of ketones is 2. The highest BCUT2D eigenvalue weighted by Crippen LogP contribution is 2.45. The molecule has 160 valence electrons. The lowest BCUT2D eigenvalue weighted by atomic mass is 9.74. The number of hydrogen-bond acceptors (Lipinski definition) is 3. The molecule has 1 aromatic rings. The van der Waals surface area contributed by atoms with Gasteiger partial charge in [-0.25, -0.2) is 0 Å². The number of rotatable bonds is 14. The van der Waals surface area contributed by atoms with E-state index in [9.17, 15) is 9.59 Å². The molecule has 1 heterocycles. The third-order valence-electron chi connectivity index (χ3n) is 5.93. The highest BCUT2D eigenvalue weighted by Gasteiger charge is 2.51. The molecule has 1 aromatic heterocycles. The van der Waals surface area contributed by atoms with Crippen molar-refractivity contribution >= 4 is 22.9 Å². The van der Waals surface area contributed by atoms with Crippen molar-refractivity contribution in [2.45, 2.75) is 118 Å². The highest BCUT2D eigenvalue weighted by molar-refractivity contribution is 7.08. The second kappa shape index (κ2) is 14.1. The van der Waals surface area contributed by atoms with Gasteiger partial charge in [-0.15, -0.1) is 0 Å². The highest BCUT2D eigenvalue weighted by atomic mass is 32.1. The van der Waals surface area contributed by atoms with Gasteiger partial charge in [0.1, 0.15) is 0 Å². The fourth-order valence-corrected chi connectivity index (χ4v) is 5.07. The number of carbonyl (C=O) groups is 2. The number of carbonyl (C=O) groups excluding carboxylic acids is 2. The van der Waals surface area contributed by atoms with E-state index >= 15 is 0 Å². The zero-order valence-corrected chi connectivity index (χ0v) is 19.6. The van der Waals surface area contributed by atoms with Gasteiger partial charge in [0, 0.05) is 21.9 Å². The van der Waals surface area contributed by atoms with Crippen LogP contribution >= 0.6 is 11.3 Å². The molecule has 0 aliphatic heterocycles. The van der Waals surface area contributed by atoms with E-state index in [-0.39, 0.29) is 11.6 Å². The monoisotopic (exact) mass is 406 g/mol. The number of thiophene rings is 1. The summed E-state index contributed by atoms with van der Waals surface area (Å²) in [5.41, 5.74) is 0.683. The van der Waals surface area contributed by atoms with Crippen LogP contribution in [0.3, 0.4) is 0 Å². The summed E-state index contributed by atoms with van der Waals surface area (Å²) < 4.78 is 0. The van der Waals surface area contributed by atoms with Gasteiger partial charge >= 0.3 is 0 Å². The van der Waals surface area contributed by atoms with E-state index in [2.05, 4.69) is 13.8 Å². The van der Waals surface area contributed by atoms with Crippen molar-refractivity contribution in [1.82, 2.24) is 0 Å². The molecule has 0 bridgehead atoms. The van der Waals surface area contributed by atoms with Gasteiger partial charge in [-0.2, -0.15) is 11.3 Å². The Morgan fingerprint density at radius 1 is 0.643 bits per heavy atom. The van der Waals surface area contributed by atoms with E-state index in [1.807, 2.05) is 24.6 Å². The molecule has 1 aliphatic carbocycles. The largest absolute Gasteiger partial charge is 0.293 e. The topological polar surface area (TPSA) is 34.1 Å². The standard InChI is InChI=1S/C23H36O2S.C2H6/c1-3-5-7-9-11-13-15-23(16-14-12-10-8-6-4-2)21(24)19-17-26-18-20(19)22(23)25;1-2/h17-18H,3-16H2,1-2H3;1-2H3. The van der Waals surface area contributed by atoms with E-state index in [1.165, 1.54) is 62.7 Å². The van der Waals surface area contributed by atoms with Crippen molar-refractivity contribution in [3.05, 3.63) is 21.9 Å². The van der Waals surface area contributed by atoms with Crippen LogP contribution in [0.15, 0.2) is 10.8 Å². The van der Waals surface area contributed by atoms with E-state index in [1.54, 1.807) is 0 Å². The first kappa shape index (κ1) is 25.1. The lowest BCUT2D eigenvalue weighted by Gasteiger charge is -2.26. The summed E-state index contributed by atoms with van der Waals surface area (Å²) in [7, 11) is 0. The average molecular weight is 407 g/mol. The summed E-state index contributed by atoms with van der Waals surface area (Å²) in [6.07, 6.45) is 15.9. The van der Waals surface area contributed by atoms with Crippen LogP contribution < -0.4 is 0 Å². The number of hydrogen-bond donors (Lipinski definition) is 0. The molecule has 2 nitrogen and oxygen atoms in total. The van der Waals surface area contributed by atoms with E-state index in [4.69, 9.17) is 0 Å². The van der Waals surface area contributed by atoms with Crippen molar-refractivity contribution in [2.24, 2.45) is 5.41 Å².